The van der Waals surface area contributed by atoms with Gasteiger partial charge in [-0.3, -0.25) is 9.69 Å². The molecule has 1 aliphatic rings. The van der Waals surface area contributed by atoms with E-state index in [9.17, 15) is 4.79 Å². The van der Waals surface area contributed by atoms with E-state index in [1.807, 2.05) is 11.0 Å². The highest BCUT2D eigenvalue weighted by Gasteiger charge is 2.26. The second kappa shape index (κ2) is 5.57. The summed E-state index contributed by atoms with van der Waals surface area (Å²) in [6.07, 6.45) is 1.60. The van der Waals surface area contributed by atoms with E-state index >= 15 is 0 Å². The first kappa shape index (κ1) is 14.2. The molecule has 6 nitrogen and oxygen atoms in total. The van der Waals surface area contributed by atoms with Crippen molar-refractivity contribution in [2.45, 2.75) is 19.9 Å². The van der Waals surface area contributed by atoms with Gasteiger partial charge in [0.05, 0.1) is 11.9 Å². The van der Waals surface area contributed by atoms with E-state index < -0.39 is 0 Å². The topological polar surface area (TPSA) is 75.3 Å². The minimum atomic E-state index is 0.0129. The third-order valence-electron chi connectivity index (χ3n) is 3.95. The molecule has 0 radical (unpaired) electrons. The molecule has 1 amide bonds. The van der Waals surface area contributed by atoms with E-state index in [-0.39, 0.29) is 5.91 Å². The normalized spacial score (nSPS) is 16.8. The zero-order valence-corrected chi connectivity index (χ0v) is 13.1. The number of amides is 1. The highest BCUT2D eigenvalue weighted by molar-refractivity contribution is 7.21. The summed E-state index contributed by atoms with van der Waals surface area (Å²) in [5.74, 6) is 0.0129. The van der Waals surface area contributed by atoms with E-state index in [0.29, 0.717) is 16.6 Å². The fourth-order valence-corrected chi connectivity index (χ4v) is 3.62. The lowest BCUT2D eigenvalue weighted by Crippen LogP contribution is -2.50. The zero-order chi connectivity index (χ0) is 15.0. The van der Waals surface area contributed by atoms with Crippen molar-refractivity contribution in [2.24, 2.45) is 0 Å². The fraction of sp³-hybridized carbons (Fsp3) is 0.500. The number of hydrogen-bond donors (Lipinski definition) is 1. The van der Waals surface area contributed by atoms with Crippen LogP contribution in [0.3, 0.4) is 0 Å². The number of nitrogens with two attached hydrogens (primary N) is 1. The molecule has 0 aliphatic carbocycles. The van der Waals surface area contributed by atoms with Crippen LogP contribution in [-0.2, 0) is 0 Å². The van der Waals surface area contributed by atoms with Gasteiger partial charge in [0.1, 0.15) is 9.71 Å². The molecular formula is C14H19N5OS. The predicted octanol–water partition coefficient (Wildman–Crippen LogP) is 1.44. The first-order valence-corrected chi connectivity index (χ1v) is 7.92. The summed E-state index contributed by atoms with van der Waals surface area (Å²) in [6.45, 7) is 7.68. The molecule has 0 bridgehead atoms. The Bertz CT molecular complexity index is 660. The number of thiophene rings is 1. The van der Waals surface area contributed by atoms with Crippen molar-refractivity contribution < 1.29 is 4.79 Å². The van der Waals surface area contributed by atoms with Gasteiger partial charge in [0.2, 0.25) is 0 Å². The quantitative estimate of drug-likeness (QED) is 0.908. The molecule has 2 N–H and O–H groups in total. The molecule has 0 atom stereocenters. The smallest absolute Gasteiger partial charge is 0.266 e. The van der Waals surface area contributed by atoms with Gasteiger partial charge in [-0.05, 0) is 19.9 Å². The monoisotopic (exact) mass is 305 g/mol. The van der Waals surface area contributed by atoms with Gasteiger partial charge < -0.3 is 10.6 Å². The van der Waals surface area contributed by atoms with Crippen molar-refractivity contribution in [3.05, 3.63) is 17.1 Å². The van der Waals surface area contributed by atoms with Crippen LogP contribution in [0.2, 0.25) is 0 Å². The molecule has 2 aromatic heterocycles. The van der Waals surface area contributed by atoms with Gasteiger partial charge in [0.25, 0.3) is 5.91 Å². The minimum Gasteiger partial charge on any atom is -0.397 e. The average Bonchev–Trinajstić information content (AvgIpc) is 2.84. The van der Waals surface area contributed by atoms with Crippen LogP contribution in [-0.4, -0.2) is 58.1 Å². The third kappa shape index (κ3) is 2.58. The van der Waals surface area contributed by atoms with Gasteiger partial charge in [0, 0.05) is 37.6 Å². The standard InChI is InChI=1S/C14H19N5OS/c1-9(2)18-5-7-19(8-6-18)14(20)12-11(15)10-3-4-16-17-13(10)21-12/h3-4,9H,5-8,15H2,1-2H3. The molecule has 2 aromatic rings. The first-order valence-electron chi connectivity index (χ1n) is 7.11. The number of nitrogen functional groups attached to an aromatic ring is 1. The molecule has 0 aromatic carbocycles. The number of fused-ring (bicyclic) bond motifs is 1. The Morgan fingerprint density at radius 2 is 2.05 bits per heavy atom. The van der Waals surface area contributed by atoms with Gasteiger partial charge in [-0.15, -0.1) is 16.4 Å². The lowest BCUT2D eigenvalue weighted by molar-refractivity contribution is 0.0601. The maximum absolute atomic E-state index is 12.7. The number of carbonyl (C=O) groups excluding carboxylic acids is 1. The molecule has 0 spiro atoms. The molecule has 7 heteroatoms. The van der Waals surface area contributed by atoms with Crippen LogP contribution >= 0.6 is 11.3 Å². The van der Waals surface area contributed by atoms with E-state index in [0.717, 1.165) is 36.4 Å². The molecule has 0 unspecified atom stereocenters. The van der Waals surface area contributed by atoms with E-state index in [4.69, 9.17) is 5.73 Å². The number of hydrogen-bond acceptors (Lipinski definition) is 6. The van der Waals surface area contributed by atoms with Crippen LogP contribution in [0.4, 0.5) is 5.69 Å². The third-order valence-corrected chi connectivity index (χ3v) is 5.04. The van der Waals surface area contributed by atoms with Crippen LogP contribution in [0.1, 0.15) is 23.5 Å². The maximum atomic E-state index is 12.7. The first-order chi connectivity index (χ1) is 10.1. The Balaban J connectivity index is 1.80. The Morgan fingerprint density at radius 3 is 2.67 bits per heavy atom. The molecule has 1 aliphatic heterocycles. The molecule has 3 rings (SSSR count). The molecule has 0 saturated carbocycles. The summed E-state index contributed by atoms with van der Waals surface area (Å²) >= 11 is 1.33. The molecule has 1 fully saturated rings. The van der Waals surface area contributed by atoms with Gasteiger partial charge in [-0.1, -0.05) is 0 Å². The Kier molecular flexibility index (Phi) is 3.77. The van der Waals surface area contributed by atoms with Crippen molar-refractivity contribution >= 4 is 33.1 Å². The fourth-order valence-electron chi connectivity index (χ4n) is 2.62. The highest BCUT2D eigenvalue weighted by Crippen LogP contribution is 2.32. The van der Waals surface area contributed by atoms with Crippen molar-refractivity contribution in [2.75, 3.05) is 31.9 Å². The average molecular weight is 305 g/mol. The van der Waals surface area contributed by atoms with Crippen LogP contribution in [0.5, 0.6) is 0 Å². The van der Waals surface area contributed by atoms with Gasteiger partial charge in [-0.25, -0.2) is 0 Å². The highest BCUT2D eigenvalue weighted by atomic mass is 32.1. The number of aromatic nitrogens is 2. The number of piperazine rings is 1. The summed E-state index contributed by atoms with van der Waals surface area (Å²) in [6, 6.07) is 2.33. The summed E-state index contributed by atoms with van der Waals surface area (Å²) in [7, 11) is 0. The van der Waals surface area contributed by atoms with Crippen molar-refractivity contribution in [1.82, 2.24) is 20.0 Å². The molecule has 112 valence electrons. The number of rotatable bonds is 2. The van der Waals surface area contributed by atoms with Gasteiger partial charge >= 0.3 is 0 Å². The maximum Gasteiger partial charge on any atom is 0.266 e. The van der Waals surface area contributed by atoms with Crippen LogP contribution in [0.25, 0.3) is 10.2 Å². The van der Waals surface area contributed by atoms with Crippen LogP contribution < -0.4 is 5.73 Å². The van der Waals surface area contributed by atoms with Crippen molar-refractivity contribution in [1.29, 1.82) is 0 Å². The molecule has 21 heavy (non-hydrogen) atoms. The summed E-state index contributed by atoms with van der Waals surface area (Å²) in [4.78, 5) is 18.2. The zero-order valence-electron chi connectivity index (χ0n) is 12.2. The Hall–Kier alpha value is -1.73. The summed E-state index contributed by atoms with van der Waals surface area (Å²) in [5.41, 5.74) is 6.64. The lowest BCUT2D eigenvalue weighted by atomic mass is 10.2. The van der Waals surface area contributed by atoms with E-state index in [1.165, 1.54) is 11.3 Å². The molecule has 1 saturated heterocycles. The van der Waals surface area contributed by atoms with Gasteiger partial charge in [0.15, 0.2) is 0 Å². The predicted molar refractivity (Wildman–Crippen MR) is 84.4 cm³/mol. The lowest BCUT2D eigenvalue weighted by Gasteiger charge is -2.36. The largest absolute Gasteiger partial charge is 0.397 e. The van der Waals surface area contributed by atoms with Crippen molar-refractivity contribution in [3.63, 3.8) is 0 Å². The second-order valence-corrected chi connectivity index (χ2v) is 6.52. The number of nitrogens with zero attached hydrogens (tertiary/aromatic N) is 4. The minimum absolute atomic E-state index is 0.0129. The van der Waals surface area contributed by atoms with Crippen molar-refractivity contribution in [3.8, 4) is 0 Å². The second-order valence-electron chi connectivity index (χ2n) is 5.52. The Morgan fingerprint density at radius 1 is 1.33 bits per heavy atom. The molecule has 3 heterocycles. The SMILES string of the molecule is CC(C)N1CCN(C(=O)c2sc3nnccc3c2N)CC1. The Labute approximate surface area is 127 Å². The molecular weight excluding hydrogens is 286 g/mol. The van der Waals surface area contributed by atoms with Crippen LogP contribution in [0.15, 0.2) is 12.3 Å². The summed E-state index contributed by atoms with van der Waals surface area (Å²) < 4.78 is 0. The van der Waals surface area contributed by atoms with E-state index in [1.54, 1.807) is 6.20 Å². The van der Waals surface area contributed by atoms with Crippen LogP contribution in [0, 0.1) is 0 Å². The van der Waals surface area contributed by atoms with E-state index in [2.05, 4.69) is 28.9 Å². The number of anilines is 1. The summed E-state index contributed by atoms with van der Waals surface area (Å²) in [5, 5.41) is 8.70. The number of carbonyl (C=O) groups is 1. The van der Waals surface area contributed by atoms with Gasteiger partial charge in [-0.2, -0.15) is 5.10 Å².